The van der Waals surface area contributed by atoms with Gasteiger partial charge in [-0.3, -0.25) is 0 Å². The molecule has 1 N–H and O–H groups in total. The lowest BCUT2D eigenvalue weighted by Crippen LogP contribution is -1.87. The van der Waals surface area contributed by atoms with Gasteiger partial charge in [0.25, 0.3) is 0 Å². The lowest BCUT2D eigenvalue weighted by molar-refractivity contribution is 0.300. The van der Waals surface area contributed by atoms with Gasteiger partial charge in [0.1, 0.15) is 0 Å². The molecule has 0 fully saturated rings. The molecule has 1 aromatic carbocycles. The summed E-state index contributed by atoms with van der Waals surface area (Å²) >= 11 is 7.66. The maximum absolute atomic E-state index is 8.84. The van der Waals surface area contributed by atoms with E-state index in [9.17, 15) is 0 Å². The fraction of sp³-hybridized carbons (Fsp3) is 0.200. The summed E-state index contributed by atoms with van der Waals surface area (Å²) in [4.78, 5) is 0. The van der Waals surface area contributed by atoms with E-state index in [1.165, 1.54) is 10.9 Å². The molecule has 0 saturated heterocycles. The second kappa shape index (κ2) is 3.66. The van der Waals surface area contributed by atoms with Crippen molar-refractivity contribution < 1.29 is 5.11 Å². The molecule has 2 rings (SSSR count). The zero-order chi connectivity index (χ0) is 9.26. The van der Waals surface area contributed by atoms with Crippen LogP contribution in [-0.2, 0) is 6.42 Å². The fourth-order valence-electron chi connectivity index (χ4n) is 1.39. The standard InChI is InChI=1S/C10H9ClOS/c11-9-3-1-2-8-7(4-5-12)6-13-10(8)9/h1-3,6,12H,4-5H2. The Morgan fingerprint density at radius 1 is 1.38 bits per heavy atom. The summed E-state index contributed by atoms with van der Waals surface area (Å²) in [6.07, 6.45) is 0.709. The van der Waals surface area contributed by atoms with Crippen LogP contribution in [0.4, 0.5) is 0 Å². The van der Waals surface area contributed by atoms with E-state index in [0.29, 0.717) is 6.42 Å². The molecule has 0 saturated carbocycles. The summed E-state index contributed by atoms with van der Waals surface area (Å²) in [7, 11) is 0. The first kappa shape index (κ1) is 9.00. The van der Waals surface area contributed by atoms with Gasteiger partial charge in [-0.05, 0) is 28.8 Å². The molecule has 0 aliphatic carbocycles. The van der Waals surface area contributed by atoms with Crippen LogP contribution in [0.2, 0.25) is 5.02 Å². The highest BCUT2D eigenvalue weighted by Crippen LogP contribution is 2.31. The van der Waals surface area contributed by atoms with Gasteiger partial charge < -0.3 is 5.11 Å². The van der Waals surface area contributed by atoms with E-state index in [-0.39, 0.29) is 6.61 Å². The Morgan fingerprint density at radius 3 is 3.00 bits per heavy atom. The first-order chi connectivity index (χ1) is 6.33. The third-order valence-corrected chi connectivity index (χ3v) is 3.52. The lowest BCUT2D eigenvalue weighted by atomic mass is 10.1. The van der Waals surface area contributed by atoms with E-state index in [1.54, 1.807) is 11.3 Å². The fourth-order valence-corrected chi connectivity index (χ4v) is 2.71. The van der Waals surface area contributed by atoms with Crippen molar-refractivity contribution in [1.82, 2.24) is 0 Å². The number of hydrogen-bond acceptors (Lipinski definition) is 2. The minimum atomic E-state index is 0.193. The van der Waals surface area contributed by atoms with Crippen LogP contribution in [-0.4, -0.2) is 11.7 Å². The monoisotopic (exact) mass is 212 g/mol. The summed E-state index contributed by atoms with van der Waals surface area (Å²) in [6, 6.07) is 5.88. The Bertz CT molecular complexity index is 422. The quantitative estimate of drug-likeness (QED) is 0.811. The van der Waals surface area contributed by atoms with E-state index in [2.05, 4.69) is 5.38 Å². The molecule has 1 nitrogen and oxygen atoms in total. The summed E-state index contributed by atoms with van der Waals surface area (Å²) in [6.45, 7) is 0.193. The molecule has 3 heteroatoms. The van der Waals surface area contributed by atoms with Crippen molar-refractivity contribution in [2.75, 3.05) is 6.61 Å². The van der Waals surface area contributed by atoms with Gasteiger partial charge in [-0.2, -0.15) is 0 Å². The van der Waals surface area contributed by atoms with Crippen LogP contribution in [0.1, 0.15) is 5.56 Å². The minimum absolute atomic E-state index is 0.193. The van der Waals surface area contributed by atoms with Crippen molar-refractivity contribution >= 4 is 33.0 Å². The van der Waals surface area contributed by atoms with Crippen molar-refractivity contribution in [3.63, 3.8) is 0 Å². The van der Waals surface area contributed by atoms with Gasteiger partial charge >= 0.3 is 0 Å². The summed E-state index contributed by atoms with van der Waals surface area (Å²) in [5.74, 6) is 0. The molecule has 13 heavy (non-hydrogen) atoms. The average molecular weight is 213 g/mol. The topological polar surface area (TPSA) is 20.2 Å². The molecule has 1 aromatic heterocycles. The third-order valence-electron chi connectivity index (χ3n) is 2.01. The van der Waals surface area contributed by atoms with Gasteiger partial charge in [-0.25, -0.2) is 0 Å². The van der Waals surface area contributed by atoms with Gasteiger partial charge in [0, 0.05) is 6.61 Å². The summed E-state index contributed by atoms with van der Waals surface area (Å²) < 4.78 is 1.12. The normalized spacial score (nSPS) is 10.9. The van der Waals surface area contributed by atoms with Crippen molar-refractivity contribution in [1.29, 1.82) is 0 Å². The number of aliphatic hydroxyl groups is 1. The average Bonchev–Trinajstić information content (AvgIpc) is 2.51. The molecular weight excluding hydrogens is 204 g/mol. The number of halogens is 1. The Morgan fingerprint density at radius 2 is 2.23 bits per heavy atom. The van der Waals surface area contributed by atoms with Crippen LogP contribution in [0, 0.1) is 0 Å². The Hall–Kier alpha value is -0.570. The second-order valence-electron chi connectivity index (χ2n) is 2.85. The van der Waals surface area contributed by atoms with Crippen LogP contribution in [0.15, 0.2) is 23.6 Å². The number of aliphatic hydroxyl groups excluding tert-OH is 1. The number of rotatable bonds is 2. The molecule has 68 valence electrons. The third kappa shape index (κ3) is 1.57. The van der Waals surface area contributed by atoms with Crippen molar-refractivity contribution in [2.24, 2.45) is 0 Å². The summed E-state index contributed by atoms with van der Waals surface area (Å²) in [5, 5.41) is 12.9. The van der Waals surface area contributed by atoms with Crippen LogP contribution >= 0.6 is 22.9 Å². The molecule has 0 bridgehead atoms. The maximum Gasteiger partial charge on any atom is 0.0584 e. The molecule has 0 spiro atoms. The highest BCUT2D eigenvalue weighted by atomic mass is 35.5. The van der Waals surface area contributed by atoms with Gasteiger partial charge in [0.15, 0.2) is 0 Å². The van der Waals surface area contributed by atoms with E-state index in [4.69, 9.17) is 16.7 Å². The predicted octanol–water partition coefficient (Wildman–Crippen LogP) is 3.09. The Kier molecular flexibility index (Phi) is 2.54. The molecular formula is C10H9ClOS. The van der Waals surface area contributed by atoms with E-state index >= 15 is 0 Å². The predicted molar refractivity (Wildman–Crippen MR) is 57.6 cm³/mol. The van der Waals surface area contributed by atoms with Crippen molar-refractivity contribution in [3.05, 3.63) is 34.2 Å². The maximum atomic E-state index is 8.84. The highest BCUT2D eigenvalue weighted by Gasteiger charge is 2.05. The molecule has 0 unspecified atom stereocenters. The Labute approximate surface area is 85.6 Å². The van der Waals surface area contributed by atoms with E-state index in [0.717, 1.165) is 9.72 Å². The molecule has 1 heterocycles. The number of fused-ring (bicyclic) bond motifs is 1. The number of benzene rings is 1. The van der Waals surface area contributed by atoms with Crippen LogP contribution in [0.5, 0.6) is 0 Å². The first-order valence-corrected chi connectivity index (χ1v) is 5.34. The zero-order valence-corrected chi connectivity index (χ0v) is 8.53. The summed E-state index contributed by atoms with van der Waals surface area (Å²) in [5.41, 5.74) is 1.19. The smallest absolute Gasteiger partial charge is 0.0584 e. The van der Waals surface area contributed by atoms with Crippen molar-refractivity contribution in [3.8, 4) is 0 Å². The van der Waals surface area contributed by atoms with Gasteiger partial charge in [-0.1, -0.05) is 23.7 Å². The van der Waals surface area contributed by atoms with Gasteiger partial charge in [-0.15, -0.1) is 11.3 Å². The van der Waals surface area contributed by atoms with Crippen molar-refractivity contribution in [2.45, 2.75) is 6.42 Å². The lowest BCUT2D eigenvalue weighted by Gasteiger charge is -1.96. The van der Waals surface area contributed by atoms with Crippen LogP contribution in [0.3, 0.4) is 0 Å². The number of hydrogen-bond donors (Lipinski definition) is 1. The molecule has 2 aromatic rings. The first-order valence-electron chi connectivity index (χ1n) is 4.08. The SMILES string of the molecule is OCCc1csc2c(Cl)cccc12. The molecule has 0 atom stereocenters. The second-order valence-corrected chi connectivity index (χ2v) is 4.14. The molecule has 0 aliphatic rings. The van der Waals surface area contributed by atoms with E-state index < -0.39 is 0 Å². The Balaban J connectivity index is 2.61. The van der Waals surface area contributed by atoms with E-state index in [1.807, 2.05) is 18.2 Å². The van der Waals surface area contributed by atoms with Gasteiger partial charge in [0.05, 0.1) is 9.72 Å². The van der Waals surface area contributed by atoms with Crippen LogP contribution < -0.4 is 0 Å². The minimum Gasteiger partial charge on any atom is -0.396 e. The largest absolute Gasteiger partial charge is 0.396 e. The number of thiophene rings is 1. The molecule has 0 aliphatic heterocycles. The van der Waals surface area contributed by atoms with Gasteiger partial charge in [0.2, 0.25) is 0 Å². The molecule has 0 radical (unpaired) electrons. The molecule has 0 amide bonds. The highest BCUT2D eigenvalue weighted by molar-refractivity contribution is 7.18. The van der Waals surface area contributed by atoms with Crippen LogP contribution in [0.25, 0.3) is 10.1 Å². The zero-order valence-electron chi connectivity index (χ0n) is 6.96.